The highest BCUT2D eigenvalue weighted by Crippen LogP contribution is 2.45. The van der Waals surface area contributed by atoms with Crippen LogP contribution in [0.5, 0.6) is 0 Å². The Morgan fingerprint density at radius 1 is 0.919 bits per heavy atom. The summed E-state index contributed by atoms with van der Waals surface area (Å²) < 4.78 is 30.0. The molecule has 1 aromatic carbocycles. The maximum atomic E-state index is 13.1. The topological polar surface area (TPSA) is 74.6 Å². The van der Waals surface area contributed by atoms with Crippen molar-refractivity contribution in [2.24, 2.45) is 0 Å². The lowest BCUT2D eigenvalue weighted by Crippen LogP contribution is -2.36. The van der Waals surface area contributed by atoms with Crippen molar-refractivity contribution in [1.29, 1.82) is 0 Å². The van der Waals surface area contributed by atoms with E-state index in [9.17, 15) is 13.2 Å². The Hall–Kier alpha value is -2.20. The SMILES string of the molecule is CN1CCCS(=O)(=O)NC(=O)c2ccc3c(C4CCCCC4)c(-c4cccs4)n(c3c2)CCN(C)CC1. The van der Waals surface area contributed by atoms with Crippen molar-refractivity contribution in [3.8, 4) is 10.6 Å². The smallest absolute Gasteiger partial charge is 0.264 e. The fraction of sp³-hybridized carbons (Fsp3) is 0.536. The van der Waals surface area contributed by atoms with Gasteiger partial charge in [-0.05, 0) is 75.0 Å². The third-order valence-electron chi connectivity index (χ3n) is 7.90. The standard InChI is InChI=1S/C28H38N4O3S2/c1-30-13-7-19-37(34,35)29-28(33)22-11-12-23-24(20-22)32(17-16-31(2)15-14-30)27(25-10-6-18-36-25)26(23)21-8-4-3-5-9-21/h6,10-12,18,20-21H,3-5,7-9,13-17,19H2,1-2H3,(H,29,33). The van der Waals surface area contributed by atoms with E-state index in [0.717, 1.165) is 31.7 Å². The highest BCUT2D eigenvalue weighted by atomic mass is 32.2. The third-order valence-corrected chi connectivity index (χ3v) is 10.1. The highest BCUT2D eigenvalue weighted by Gasteiger charge is 2.28. The second kappa shape index (κ2) is 11.3. The molecule has 1 N–H and O–H groups in total. The van der Waals surface area contributed by atoms with Gasteiger partial charge in [0.1, 0.15) is 0 Å². The van der Waals surface area contributed by atoms with Crippen LogP contribution in [0.2, 0.25) is 0 Å². The number of carbonyl (C=O) groups excluding carboxylic acids is 1. The van der Waals surface area contributed by atoms with E-state index in [1.54, 1.807) is 17.4 Å². The molecule has 3 aromatic rings. The fourth-order valence-corrected chi connectivity index (χ4v) is 7.65. The number of rotatable bonds is 2. The Labute approximate surface area is 224 Å². The molecule has 1 amide bonds. The molecule has 1 aliphatic heterocycles. The fourth-order valence-electron chi connectivity index (χ4n) is 5.84. The zero-order valence-electron chi connectivity index (χ0n) is 21.9. The predicted octanol–water partition coefficient (Wildman–Crippen LogP) is 4.74. The van der Waals surface area contributed by atoms with Gasteiger partial charge in [-0.25, -0.2) is 13.1 Å². The van der Waals surface area contributed by atoms with Gasteiger partial charge in [0.2, 0.25) is 10.0 Å². The Morgan fingerprint density at radius 2 is 1.65 bits per heavy atom. The van der Waals surface area contributed by atoms with Crippen LogP contribution in [-0.2, 0) is 16.6 Å². The molecule has 0 atom stereocenters. The Kier molecular flexibility index (Phi) is 8.04. The molecular weight excluding hydrogens is 504 g/mol. The van der Waals surface area contributed by atoms with Crippen LogP contribution in [0.1, 0.15) is 60.4 Å². The minimum atomic E-state index is -3.70. The Balaban J connectivity index is 1.66. The number of nitrogens with one attached hydrogen (secondary N) is 1. The van der Waals surface area contributed by atoms with Crippen molar-refractivity contribution in [3.63, 3.8) is 0 Å². The second-order valence-electron chi connectivity index (χ2n) is 10.7. The van der Waals surface area contributed by atoms with Crippen LogP contribution in [0.3, 0.4) is 0 Å². The summed E-state index contributed by atoms with van der Waals surface area (Å²) in [6, 6.07) is 10.1. The number of sulfonamides is 1. The van der Waals surface area contributed by atoms with Gasteiger partial charge in [0.25, 0.3) is 5.91 Å². The molecule has 200 valence electrons. The molecule has 3 heterocycles. The molecular formula is C28H38N4O3S2. The summed E-state index contributed by atoms with van der Waals surface area (Å²) in [5.41, 5.74) is 4.08. The lowest BCUT2D eigenvalue weighted by atomic mass is 9.82. The first kappa shape index (κ1) is 26.4. The van der Waals surface area contributed by atoms with Gasteiger partial charge in [-0.2, -0.15) is 0 Å². The lowest BCUT2D eigenvalue weighted by Gasteiger charge is -2.24. The van der Waals surface area contributed by atoms with Crippen LogP contribution in [0.4, 0.5) is 0 Å². The molecule has 0 unspecified atom stereocenters. The molecule has 0 spiro atoms. The molecule has 9 heteroatoms. The molecule has 2 bridgehead atoms. The molecule has 1 aliphatic carbocycles. The van der Waals surface area contributed by atoms with Crippen LogP contribution in [0.25, 0.3) is 21.5 Å². The van der Waals surface area contributed by atoms with E-state index in [1.807, 2.05) is 13.1 Å². The highest BCUT2D eigenvalue weighted by molar-refractivity contribution is 7.90. The van der Waals surface area contributed by atoms with Crippen LogP contribution < -0.4 is 4.72 Å². The van der Waals surface area contributed by atoms with E-state index in [-0.39, 0.29) is 5.75 Å². The third kappa shape index (κ3) is 5.95. The van der Waals surface area contributed by atoms with Crippen molar-refractivity contribution in [2.45, 2.75) is 51.0 Å². The first-order valence-corrected chi connectivity index (χ1v) is 16.0. The van der Waals surface area contributed by atoms with E-state index in [1.165, 1.54) is 53.6 Å². The summed E-state index contributed by atoms with van der Waals surface area (Å²) in [5.74, 6) is -0.120. The number of nitrogens with zero attached hydrogens (tertiary/aromatic N) is 3. The molecule has 2 aliphatic rings. The quantitative estimate of drug-likeness (QED) is 0.506. The number of fused-ring (bicyclic) bond motifs is 1. The van der Waals surface area contributed by atoms with Crippen molar-refractivity contribution in [2.75, 3.05) is 46.0 Å². The monoisotopic (exact) mass is 542 g/mol. The maximum absolute atomic E-state index is 13.1. The van der Waals surface area contributed by atoms with Gasteiger partial charge in [-0.15, -0.1) is 11.3 Å². The number of aromatic nitrogens is 1. The van der Waals surface area contributed by atoms with Crippen LogP contribution in [0, 0.1) is 0 Å². The molecule has 7 nitrogen and oxygen atoms in total. The zero-order valence-corrected chi connectivity index (χ0v) is 23.5. The summed E-state index contributed by atoms with van der Waals surface area (Å²) in [6.45, 7) is 4.15. The molecule has 1 fully saturated rings. The minimum absolute atomic E-state index is 0.0636. The summed E-state index contributed by atoms with van der Waals surface area (Å²) in [6.07, 6.45) is 6.64. The maximum Gasteiger partial charge on any atom is 0.264 e. The van der Waals surface area contributed by atoms with E-state index in [0.29, 0.717) is 24.4 Å². The molecule has 0 radical (unpaired) electrons. The number of benzene rings is 1. The lowest BCUT2D eigenvalue weighted by molar-refractivity contribution is 0.0981. The second-order valence-corrected chi connectivity index (χ2v) is 13.5. The normalized spacial score (nSPS) is 21.4. The van der Waals surface area contributed by atoms with Gasteiger partial charge in [0, 0.05) is 42.6 Å². The predicted molar refractivity (Wildman–Crippen MR) is 152 cm³/mol. The molecule has 37 heavy (non-hydrogen) atoms. The molecule has 1 saturated carbocycles. The average molecular weight is 543 g/mol. The average Bonchev–Trinajstić information content (AvgIpc) is 3.51. The van der Waals surface area contributed by atoms with Crippen molar-refractivity contribution >= 4 is 38.2 Å². The first-order valence-electron chi connectivity index (χ1n) is 13.4. The van der Waals surface area contributed by atoms with Crippen LogP contribution in [-0.4, -0.2) is 74.7 Å². The van der Waals surface area contributed by atoms with E-state index in [2.05, 4.69) is 49.7 Å². The summed E-state index contributed by atoms with van der Waals surface area (Å²) >= 11 is 1.76. The van der Waals surface area contributed by atoms with Crippen LogP contribution in [0.15, 0.2) is 35.7 Å². The minimum Gasteiger partial charge on any atom is -0.338 e. The van der Waals surface area contributed by atoms with Gasteiger partial charge in [-0.1, -0.05) is 31.4 Å². The van der Waals surface area contributed by atoms with Gasteiger partial charge >= 0.3 is 0 Å². The first-order chi connectivity index (χ1) is 17.8. The van der Waals surface area contributed by atoms with Crippen LogP contribution >= 0.6 is 11.3 Å². The van der Waals surface area contributed by atoms with Gasteiger partial charge in [0.15, 0.2) is 0 Å². The van der Waals surface area contributed by atoms with E-state index < -0.39 is 15.9 Å². The van der Waals surface area contributed by atoms with Gasteiger partial charge in [-0.3, -0.25) is 4.79 Å². The largest absolute Gasteiger partial charge is 0.338 e. The van der Waals surface area contributed by atoms with Gasteiger partial charge in [0.05, 0.1) is 16.3 Å². The van der Waals surface area contributed by atoms with Crippen molar-refractivity contribution in [1.82, 2.24) is 19.1 Å². The summed E-state index contributed by atoms with van der Waals surface area (Å²) in [5, 5.41) is 3.32. The van der Waals surface area contributed by atoms with Crippen molar-refractivity contribution < 1.29 is 13.2 Å². The Bertz CT molecular complexity index is 1340. The summed E-state index contributed by atoms with van der Waals surface area (Å²) in [7, 11) is 0.471. The molecule has 0 saturated heterocycles. The zero-order chi connectivity index (χ0) is 26.0. The number of thiophene rings is 1. The number of amides is 1. The van der Waals surface area contributed by atoms with Gasteiger partial charge < -0.3 is 14.4 Å². The van der Waals surface area contributed by atoms with E-state index in [4.69, 9.17) is 0 Å². The number of hydrogen-bond donors (Lipinski definition) is 1. The molecule has 5 rings (SSSR count). The number of hydrogen-bond acceptors (Lipinski definition) is 6. The van der Waals surface area contributed by atoms with Crippen molar-refractivity contribution in [3.05, 3.63) is 46.8 Å². The molecule has 2 aromatic heterocycles. The van der Waals surface area contributed by atoms with E-state index >= 15 is 0 Å². The Morgan fingerprint density at radius 3 is 2.38 bits per heavy atom. The number of likely N-dealkylation sites (N-methyl/N-ethyl adjacent to an activating group) is 2. The number of carbonyl (C=O) groups is 1. The summed E-state index contributed by atoms with van der Waals surface area (Å²) in [4.78, 5) is 18.9.